The Morgan fingerprint density at radius 2 is 2.11 bits per heavy atom. The van der Waals surface area contributed by atoms with Crippen molar-refractivity contribution in [3.8, 4) is 0 Å². The van der Waals surface area contributed by atoms with Gasteiger partial charge >= 0.3 is 0 Å². The number of rotatable bonds is 5. The van der Waals surface area contributed by atoms with Crippen LogP contribution in [-0.2, 0) is 21.7 Å². The van der Waals surface area contributed by atoms with E-state index in [0.717, 1.165) is 25.9 Å². The molecule has 1 aliphatic rings. The van der Waals surface area contributed by atoms with Gasteiger partial charge in [0, 0.05) is 7.11 Å². The Balaban J connectivity index is 1.86. The predicted molar refractivity (Wildman–Crippen MR) is 65.0 cm³/mol. The summed E-state index contributed by atoms with van der Waals surface area (Å²) in [7, 11) is 1.63. The van der Waals surface area contributed by atoms with Crippen molar-refractivity contribution < 1.29 is 14.0 Å². The molecule has 1 saturated heterocycles. The molecule has 0 radical (unpaired) electrons. The number of methoxy groups -OCH3 is 1. The molecular weight excluding hydrogens is 234 g/mol. The van der Waals surface area contributed by atoms with Crippen molar-refractivity contribution in [3.05, 3.63) is 11.7 Å². The van der Waals surface area contributed by atoms with Gasteiger partial charge in [0.05, 0.1) is 6.10 Å². The van der Waals surface area contributed by atoms with E-state index in [4.69, 9.17) is 14.0 Å². The number of nitrogens with zero attached hydrogens (tertiary/aromatic N) is 2. The zero-order valence-corrected chi connectivity index (χ0v) is 11.2. The summed E-state index contributed by atoms with van der Waals surface area (Å²) in [5.74, 6) is 1.06. The summed E-state index contributed by atoms with van der Waals surface area (Å²) in [4.78, 5) is 4.29. The summed E-state index contributed by atoms with van der Waals surface area (Å²) in [6.45, 7) is 6.19. The summed E-state index contributed by atoms with van der Waals surface area (Å²) >= 11 is 0. The molecule has 18 heavy (non-hydrogen) atoms. The van der Waals surface area contributed by atoms with Crippen LogP contribution < -0.4 is 5.32 Å². The Morgan fingerprint density at radius 1 is 1.39 bits per heavy atom. The van der Waals surface area contributed by atoms with Crippen molar-refractivity contribution in [2.24, 2.45) is 0 Å². The van der Waals surface area contributed by atoms with E-state index in [9.17, 15) is 0 Å². The summed E-state index contributed by atoms with van der Waals surface area (Å²) in [5, 5.41) is 7.22. The molecule has 6 heteroatoms. The lowest BCUT2D eigenvalue weighted by Gasteiger charge is -2.22. The molecule has 2 heterocycles. The molecule has 0 amide bonds. The normalized spacial score (nSPS) is 18.2. The van der Waals surface area contributed by atoms with Gasteiger partial charge in [0.25, 0.3) is 5.89 Å². The highest BCUT2D eigenvalue weighted by molar-refractivity contribution is 4.96. The summed E-state index contributed by atoms with van der Waals surface area (Å²) in [5.41, 5.74) is -0.531. The second-order valence-corrected chi connectivity index (χ2v) is 4.99. The predicted octanol–water partition coefficient (Wildman–Crippen LogP) is 1.22. The van der Waals surface area contributed by atoms with E-state index >= 15 is 0 Å². The Morgan fingerprint density at radius 3 is 2.78 bits per heavy atom. The van der Waals surface area contributed by atoms with Crippen molar-refractivity contribution >= 4 is 0 Å². The molecule has 6 nitrogen and oxygen atoms in total. The van der Waals surface area contributed by atoms with Gasteiger partial charge in [-0.1, -0.05) is 5.16 Å². The summed E-state index contributed by atoms with van der Waals surface area (Å²) < 4.78 is 16.2. The quantitative estimate of drug-likeness (QED) is 0.853. The van der Waals surface area contributed by atoms with Gasteiger partial charge in [0.15, 0.2) is 0 Å². The topological polar surface area (TPSA) is 69.4 Å². The standard InChI is InChI=1S/C12H21N3O3/c1-12(2,16-3)11-14-10(18-15-11)8-17-9-4-6-13-7-5-9/h9,13H,4-8H2,1-3H3. The second-order valence-electron chi connectivity index (χ2n) is 4.99. The molecule has 0 aliphatic carbocycles. The average Bonchev–Trinajstić information content (AvgIpc) is 2.87. The van der Waals surface area contributed by atoms with E-state index in [-0.39, 0.29) is 6.10 Å². The minimum atomic E-state index is -0.531. The molecule has 0 bridgehead atoms. The van der Waals surface area contributed by atoms with Gasteiger partial charge in [-0.2, -0.15) is 4.98 Å². The van der Waals surface area contributed by atoms with E-state index in [1.54, 1.807) is 7.11 Å². The first-order chi connectivity index (χ1) is 8.62. The van der Waals surface area contributed by atoms with Crippen molar-refractivity contribution in [2.45, 2.75) is 45.0 Å². The minimum Gasteiger partial charge on any atom is -0.371 e. The minimum absolute atomic E-state index is 0.289. The van der Waals surface area contributed by atoms with Crippen LogP contribution in [0.1, 0.15) is 38.4 Å². The first-order valence-electron chi connectivity index (χ1n) is 6.32. The van der Waals surface area contributed by atoms with Crippen LogP contribution in [0, 0.1) is 0 Å². The van der Waals surface area contributed by atoms with Gasteiger partial charge in [0.1, 0.15) is 12.2 Å². The van der Waals surface area contributed by atoms with Crippen LogP contribution >= 0.6 is 0 Å². The van der Waals surface area contributed by atoms with Crippen LogP contribution in [0.4, 0.5) is 0 Å². The molecule has 102 valence electrons. The molecule has 1 N–H and O–H groups in total. The summed E-state index contributed by atoms with van der Waals surface area (Å²) in [6, 6.07) is 0. The maximum absolute atomic E-state index is 5.75. The van der Waals surface area contributed by atoms with E-state index in [1.165, 1.54) is 0 Å². The SMILES string of the molecule is COC(C)(C)c1noc(COC2CCNCC2)n1. The van der Waals surface area contributed by atoms with Crippen molar-refractivity contribution in [1.82, 2.24) is 15.5 Å². The molecule has 0 aromatic carbocycles. The molecule has 0 spiro atoms. The van der Waals surface area contributed by atoms with Gasteiger partial charge in [-0.3, -0.25) is 0 Å². The molecule has 0 atom stereocenters. The van der Waals surface area contributed by atoms with E-state index < -0.39 is 5.60 Å². The molecule has 1 aliphatic heterocycles. The van der Waals surface area contributed by atoms with Crippen LogP contribution in [0.5, 0.6) is 0 Å². The Labute approximate surface area is 107 Å². The highest BCUT2D eigenvalue weighted by atomic mass is 16.5. The van der Waals surface area contributed by atoms with Gasteiger partial charge in [-0.05, 0) is 39.8 Å². The highest BCUT2D eigenvalue weighted by Gasteiger charge is 2.26. The Hall–Kier alpha value is -0.980. The maximum atomic E-state index is 5.75. The lowest BCUT2D eigenvalue weighted by molar-refractivity contribution is 0.00830. The number of hydrogen-bond acceptors (Lipinski definition) is 6. The third-order valence-electron chi connectivity index (χ3n) is 3.25. The number of nitrogens with one attached hydrogen (secondary N) is 1. The van der Waals surface area contributed by atoms with E-state index in [2.05, 4.69) is 15.5 Å². The molecule has 1 aromatic rings. The fraction of sp³-hybridized carbons (Fsp3) is 0.833. The summed E-state index contributed by atoms with van der Waals surface area (Å²) in [6.07, 6.45) is 2.35. The smallest absolute Gasteiger partial charge is 0.252 e. The number of aromatic nitrogens is 2. The maximum Gasteiger partial charge on any atom is 0.252 e. The van der Waals surface area contributed by atoms with Gasteiger partial charge < -0.3 is 19.3 Å². The first-order valence-corrected chi connectivity index (χ1v) is 6.32. The molecule has 1 fully saturated rings. The van der Waals surface area contributed by atoms with Gasteiger partial charge in [-0.25, -0.2) is 0 Å². The van der Waals surface area contributed by atoms with Crippen LogP contribution in [-0.4, -0.2) is 36.4 Å². The number of hydrogen-bond donors (Lipinski definition) is 1. The van der Waals surface area contributed by atoms with Crippen molar-refractivity contribution in [2.75, 3.05) is 20.2 Å². The zero-order valence-electron chi connectivity index (χ0n) is 11.2. The molecule has 2 rings (SSSR count). The van der Waals surface area contributed by atoms with Crippen LogP contribution in [0.3, 0.4) is 0 Å². The third kappa shape index (κ3) is 3.28. The third-order valence-corrected chi connectivity index (χ3v) is 3.25. The fourth-order valence-corrected chi connectivity index (χ4v) is 1.80. The molecular formula is C12H21N3O3. The first kappa shape index (κ1) is 13.5. The highest BCUT2D eigenvalue weighted by Crippen LogP contribution is 2.20. The van der Waals surface area contributed by atoms with Gasteiger partial charge in [-0.15, -0.1) is 0 Å². The number of piperidine rings is 1. The van der Waals surface area contributed by atoms with Crippen molar-refractivity contribution in [3.63, 3.8) is 0 Å². The lowest BCUT2D eigenvalue weighted by atomic mass is 10.1. The second kappa shape index (κ2) is 5.77. The molecule has 1 aromatic heterocycles. The van der Waals surface area contributed by atoms with E-state index in [1.807, 2.05) is 13.8 Å². The molecule has 0 unspecified atom stereocenters. The number of ether oxygens (including phenoxy) is 2. The zero-order chi connectivity index (χ0) is 13.0. The average molecular weight is 255 g/mol. The Bertz CT molecular complexity index is 372. The lowest BCUT2D eigenvalue weighted by Crippen LogP contribution is -2.32. The Kier molecular flexibility index (Phi) is 4.31. The van der Waals surface area contributed by atoms with Crippen molar-refractivity contribution in [1.29, 1.82) is 0 Å². The van der Waals surface area contributed by atoms with Gasteiger partial charge in [0.2, 0.25) is 5.82 Å². The van der Waals surface area contributed by atoms with E-state index in [0.29, 0.717) is 18.3 Å². The van der Waals surface area contributed by atoms with Crippen LogP contribution in [0.15, 0.2) is 4.52 Å². The fourth-order valence-electron chi connectivity index (χ4n) is 1.80. The molecule has 0 saturated carbocycles. The largest absolute Gasteiger partial charge is 0.371 e. The van der Waals surface area contributed by atoms with Crippen LogP contribution in [0.2, 0.25) is 0 Å². The van der Waals surface area contributed by atoms with Crippen LogP contribution in [0.25, 0.3) is 0 Å². The monoisotopic (exact) mass is 255 g/mol.